The summed E-state index contributed by atoms with van der Waals surface area (Å²) in [4.78, 5) is 20.4. The lowest BCUT2D eigenvalue weighted by molar-refractivity contribution is 0.168. The number of nitrogens with zero attached hydrogens (tertiary/aromatic N) is 3. The molecule has 7 nitrogen and oxygen atoms in total. The van der Waals surface area contributed by atoms with Crippen molar-refractivity contribution < 1.29 is 9.18 Å². The van der Waals surface area contributed by atoms with Crippen LogP contribution in [0.4, 0.5) is 20.7 Å². The first kappa shape index (κ1) is 25.7. The minimum absolute atomic E-state index is 0.0467. The number of nitrogen functional groups attached to an aromatic ring is 1. The van der Waals surface area contributed by atoms with Crippen LogP contribution in [0.15, 0.2) is 48.0 Å². The molecule has 0 radical (unpaired) electrons. The first-order chi connectivity index (χ1) is 18.3. The van der Waals surface area contributed by atoms with Gasteiger partial charge in [0.2, 0.25) is 0 Å². The monoisotopic (exact) mass is 528 g/mol. The van der Waals surface area contributed by atoms with Crippen LogP contribution < -0.4 is 16.8 Å². The number of halogens is 1. The Labute approximate surface area is 225 Å². The fourth-order valence-corrected chi connectivity index (χ4v) is 5.80. The summed E-state index contributed by atoms with van der Waals surface area (Å²) >= 11 is 1.58. The Morgan fingerprint density at radius 3 is 2.55 bits per heavy atom. The largest absolute Gasteiger partial charge is 0.383 e. The van der Waals surface area contributed by atoms with Gasteiger partial charge < -0.3 is 21.7 Å². The molecule has 0 atom stereocenters. The lowest BCUT2D eigenvalue weighted by Crippen LogP contribution is -2.44. The van der Waals surface area contributed by atoms with Crippen LogP contribution in [-0.4, -0.2) is 60.6 Å². The number of amides is 2. The van der Waals surface area contributed by atoms with Gasteiger partial charge in [-0.05, 0) is 48.4 Å². The van der Waals surface area contributed by atoms with Crippen LogP contribution in [0.3, 0.4) is 0 Å². The normalized spacial score (nSPS) is 14.3. The minimum atomic E-state index is -0.813. The van der Waals surface area contributed by atoms with E-state index in [9.17, 15) is 9.18 Å². The Kier molecular flexibility index (Phi) is 7.29. The number of aromatic nitrogens is 1. The second kappa shape index (κ2) is 10.8. The molecule has 5 N–H and O–H groups in total. The van der Waals surface area contributed by atoms with Crippen LogP contribution in [0.25, 0.3) is 32.3 Å². The van der Waals surface area contributed by atoms with Gasteiger partial charge in [0.1, 0.15) is 11.6 Å². The van der Waals surface area contributed by atoms with Crippen LogP contribution in [0.5, 0.6) is 0 Å². The van der Waals surface area contributed by atoms with E-state index in [1.165, 1.54) is 6.07 Å². The number of carbonyl (C=O) groups is 1. The van der Waals surface area contributed by atoms with E-state index in [4.69, 9.17) is 11.5 Å². The molecule has 1 fully saturated rings. The first-order valence-electron chi connectivity index (χ1n) is 12.3. The summed E-state index contributed by atoms with van der Waals surface area (Å²) in [5.41, 5.74) is 16.7. The summed E-state index contributed by atoms with van der Waals surface area (Å²) in [6.45, 7) is 6.72. The standard InChI is InChI=1S/C29H29FN6OS/c1-18-14-25(34-29(32)37)24(30)15-22(18)20-7-3-4-8-21(20)23-17-38-27-19(16-33-28(31)26(23)27)6-5-9-36-12-10-35(2)11-13-36/h3-4,7-8,14-17H,9-13H2,1-2H3,(H2,31,33)(H3,32,34,37). The number of piperazine rings is 1. The maximum atomic E-state index is 14.9. The number of primary amides is 1. The smallest absolute Gasteiger partial charge is 0.316 e. The molecule has 0 unspecified atom stereocenters. The van der Waals surface area contributed by atoms with Crippen molar-refractivity contribution in [3.05, 3.63) is 64.9 Å². The van der Waals surface area contributed by atoms with Gasteiger partial charge in [-0.1, -0.05) is 36.1 Å². The van der Waals surface area contributed by atoms with Crippen molar-refractivity contribution >= 4 is 39.0 Å². The van der Waals surface area contributed by atoms with Gasteiger partial charge in [-0.3, -0.25) is 4.90 Å². The lowest BCUT2D eigenvalue weighted by Gasteiger charge is -2.30. The van der Waals surface area contributed by atoms with E-state index >= 15 is 0 Å². The van der Waals surface area contributed by atoms with Crippen molar-refractivity contribution in [3.63, 3.8) is 0 Å². The second-order valence-electron chi connectivity index (χ2n) is 9.47. The second-order valence-corrected chi connectivity index (χ2v) is 10.4. The Morgan fingerprint density at radius 2 is 1.84 bits per heavy atom. The summed E-state index contributed by atoms with van der Waals surface area (Å²) in [6, 6.07) is 10.00. The van der Waals surface area contributed by atoms with Crippen LogP contribution in [-0.2, 0) is 0 Å². The molecule has 0 aliphatic carbocycles. The zero-order chi connectivity index (χ0) is 26.8. The van der Waals surface area contributed by atoms with E-state index in [2.05, 4.69) is 44.4 Å². The van der Waals surface area contributed by atoms with Crippen molar-refractivity contribution in [1.82, 2.24) is 14.8 Å². The molecular weight excluding hydrogens is 499 g/mol. The highest BCUT2D eigenvalue weighted by atomic mass is 32.1. The third-order valence-corrected chi connectivity index (χ3v) is 7.84. The summed E-state index contributed by atoms with van der Waals surface area (Å²) in [5.74, 6) is 6.50. The number of thiophene rings is 1. The topological polar surface area (TPSA) is 101 Å². The zero-order valence-electron chi connectivity index (χ0n) is 21.3. The number of urea groups is 1. The molecule has 3 heterocycles. The van der Waals surface area contributed by atoms with Crippen molar-refractivity contribution in [2.24, 2.45) is 5.73 Å². The summed E-state index contributed by atoms with van der Waals surface area (Å²) in [6.07, 6.45) is 1.74. The number of benzene rings is 2. The van der Waals surface area contributed by atoms with E-state index in [-0.39, 0.29) is 5.69 Å². The molecule has 1 aliphatic heterocycles. The number of aryl methyl sites for hydroxylation is 1. The number of carbonyl (C=O) groups excluding carboxylic acids is 1. The van der Waals surface area contributed by atoms with Gasteiger partial charge in [0.05, 0.1) is 22.5 Å². The summed E-state index contributed by atoms with van der Waals surface area (Å²) < 4.78 is 15.9. The number of hydrogen-bond acceptors (Lipinski definition) is 6. The van der Waals surface area contributed by atoms with Crippen molar-refractivity contribution in [2.75, 3.05) is 50.8 Å². The summed E-state index contributed by atoms with van der Waals surface area (Å²) in [5, 5.41) is 5.24. The van der Waals surface area contributed by atoms with Crippen LogP contribution in [0.2, 0.25) is 0 Å². The average Bonchev–Trinajstić information content (AvgIpc) is 3.34. The Hall–Kier alpha value is -3.97. The fourth-order valence-electron chi connectivity index (χ4n) is 4.76. The molecule has 0 bridgehead atoms. The molecule has 1 saturated heterocycles. The molecular formula is C29H29FN6OS. The van der Waals surface area contributed by atoms with Gasteiger partial charge in [-0.25, -0.2) is 14.2 Å². The number of nitrogens with two attached hydrogens (primary N) is 2. The fraction of sp³-hybridized carbons (Fsp3) is 0.241. The molecule has 0 saturated carbocycles. The molecule has 5 rings (SSSR count). The van der Waals surface area contributed by atoms with E-state index < -0.39 is 11.8 Å². The van der Waals surface area contributed by atoms with Gasteiger partial charge in [-0.15, -0.1) is 11.3 Å². The van der Waals surface area contributed by atoms with Crippen LogP contribution in [0, 0.1) is 24.6 Å². The van der Waals surface area contributed by atoms with Gasteiger partial charge in [-0.2, -0.15) is 0 Å². The number of fused-ring (bicyclic) bond motifs is 1. The third-order valence-electron chi connectivity index (χ3n) is 6.83. The molecule has 9 heteroatoms. The van der Waals surface area contributed by atoms with E-state index in [1.807, 2.05) is 31.2 Å². The highest BCUT2D eigenvalue weighted by Gasteiger charge is 2.19. The minimum Gasteiger partial charge on any atom is -0.383 e. The Morgan fingerprint density at radius 1 is 1.13 bits per heavy atom. The van der Waals surface area contributed by atoms with Crippen molar-refractivity contribution in [3.8, 4) is 34.1 Å². The number of nitrogens with one attached hydrogen (secondary N) is 1. The SMILES string of the molecule is Cc1cc(NC(N)=O)c(F)cc1-c1ccccc1-c1csc2c(C#CCN3CCN(C)CC3)cnc(N)c12. The number of likely N-dealkylation sites (N-methyl/N-ethyl adjacent to an activating group) is 1. The van der Waals surface area contributed by atoms with Crippen LogP contribution >= 0.6 is 11.3 Å². The number of hydrogen-bond donors (Lipinski definition) is 3. The maximum Gasteiger partial charge on any atom is 0.316 e. The number of anilines is 2. The number of pyridine rings is 1. The first-order valence-corrected chi connectivity index (χ1v) is 13.2. The van der Waals surface area contributed by atoms with Gasteiger partial charge in [0, 0.05) is 48.7 Å². The molecule has 4 aromatic rings. The Bertz CT molecular complexity index is 1580. The van der Waals surface area contributed by atoms with E-state index in [1.54, 1.807) is 23.6 Å². The molecule has 2 aromatic carbocycles. The molecule has 2 aromatic heterocycles. The quantitative estimate of drug-likeness (QED) is 0.332. The van der Waals surface area contributed by atoms with Gasteiger partial charge >= 0.3 is 6.03 Å². The maximum absolute atomic E-state index is 14.9. The van der Waals surface area contributed by atoms with Crippen molar-refractivity contribution in [2.45, 2.75) is 6.92 Å². The van der Waals surface area contributed by atoms with Gasteiger partial charge in [0.25, 0.3) is 0 Å². The van der Waals surface area contributed by atoms with E-state index in [0.717, 1.165) is 64.1 Å². The lowest BCUT2D eigenvalue weighted by atomic mass is 9.91. The molecule has 0 spiro atoms. The van der Waals surface area contributed by atoms with E-state index in [0.29, 0.717) is 17.9 Å². The highest BCUT2D eigenvalue weighted by molar-refractivity contribution is 7.18. The predicted octanol–water partition coefficient (Wildman–Crippen LogP) is 4.75. The number of rotatable bonds is 4. The third kappa shape index (κ3) is 5.20. The Balaban J connectivity index is 1.53. The zero-order valence-corrected chi connectivity index (χ0v) is 22.2. The van der Waals surface area contributed by atoms with Crippen LogP contribution in [0.1, 0.15) is 11.1 Å². The predicted molar refractivity (Wildman–Crippen MR) is 154 cm³/mol. The van der Waals surface area contributed by atoms with Gasteiger partial charge in [0.15, 0.2) is 0 Å². The molecule has 1 aliphatic rings. The highest BCUT2D eigenvalue weighted by Crippen LogP contribution is 2.43. The molecule has 194 valence electrons. The average molecular weight is 529 g/mol. The molecule has 38 heavy (non-hydrogen) atoms. The summed E-state index contributed by atoms with van der Waals surface area (Å²) in [7, 11) is 2.14. The van der Waals surface area contributed by atoms with Crippen molar-refractivity contribution in [1.29, 1.82) is 0 Å². The molecule has 2 amide bonds.